The van der Waals surface area contributed by atoms with Gasteiger partial charge in [0.1, 0.15) is 0 Å². The molecule has 0 radical (unpaired) electrons. The van der Waals surface area contributed by atoms with E-state index in [1.165, 1.54) is 7.11 Å². The van der Waals surface area contributed by atoms with Crippen molar-refractivity contribution in [2.24, 2.45) is 0 Å². The molecule has 0 aliphatic carbocycles. The number of phenols is 1. The van der Waals surface area contributed by atoms with E-state index in [1.54, 1.807) is 12.1 Å². The topological polar surface area (TPSA) is 70.2 Å². The molecular weight excluding hydrogens is 208 g/mol. The van der Waals surface area contributed by atoms with E-state index in [9.17, 15) is 5.11 Å². The van der Waals surface area contributed by atoms with E-state index in [1.807, 2.05) is 6.07 Å². The molecule has 0 saturated carbocycles. The van der Waals surface area contributed by atoms with Crippen LogP contribution in [-0.2, 0) is 11.3 Å². The Hall–Kier alpha value is -1.26. The molecule has 1 rings (SSSR count). The summed E-state index contributed by atoms with van der Waals surface area (Å²) < 4.78 is 10.5. The highest BCUT2D eigenvalue weighted by atomic mass is 16.5. The van der Waals surface area contributed by atoms with Crippen molar-refractivity contribution in [3.05, 3.63) is 23.8 Å². The van der Waals surface area contributed by atoms with Gasteiger partial charge in [0.15, 0.2) is 11.5 Å². The van der Waals surface area contributed by atoms with E-state index in [2.05, 4.69) is 6.92 Å². The maximum absolute atomic E-state index is 9.38. The quantitative estimate of drug-likeness (QED) is 0.756. The molecule has 1 aromatic rings. The Morgan fingerprint density at radius 1 is 1.31 bits per heavy atom. The molecule has 0 aromatic heterocycles. The second-order valence-corrected chi connectivity index (χ2v) is 3.41. The summed E-state index contributed by atoms with van der Waals surface area (Å²) in [5.41, 5.74) is 1.01. The highest BCUT2D eigenvalue weighted by Crippen LogP contribution is 2.26. The second kappa shape index (κ2) is 7.96. The molecule has 0 heterocycles. The molecule has 0 spiro atoms. The molecule has 92 valence electrons. The van der Waals surface area contributed by atoms with Gasteiger partial charge in [0.2, 0.25) is 0 Å². The molecule has 0 aliphatic rings. The van der Waals surface area contributed by atoms with Gasteiger partial charge in [-0.15, -0.1) is 0 Å². The Bertz CT molecular complexity index is 299. The van der Waals surface area contributed by atoms with Gasteiger partial charge < -0.3 is 20.1 Å². The first kappa shape index (κ1) is 14.7. The summed E-state index contributed by atoms with van der Waals surface area (Å²) in [5.74, 6) is 0.654. The molecule has 4 heteroatoms. The SMILES string of the molecule is CCCCOCc1ccc(O)c(OC)c1.O. The zero-order valence-corrected chi connectivity index (χ0v) is 9.82. The van der Waals surface area contributed by atoms with Gasteiger partial charge in [-0.1, -0.05) is 19.4 Å². The van der Waals surface area contributed by atoms with Crippen LogP contribution in [0.4, 0.5) is 0 Å². The molecule has 0 amide bonds. The van der Waals surface area contributed by atoms with E-state index in [0.29, 0.717) is 12.4 Å². The number of methoxy groups -OCH3 is 1. The Balaban J connectivity index is 0.00000225. The van der Waals surface area contributed by atoms with Crippen molar-refractivity contribution in [2.45, 2.75) is 26.4 Å². The molecule has 0 atom stereocenters. The Morgan fingerprint density at radius 2 is 2.06 bits per heavy atom. The predicted octanol–water partition coefficient (Wildman–Crippen LogP) is 1.89. The molecule has 0 fully saturated rings. The van der Waals surface area contributed by atoms with Crippen molar-refractivity contribution in [1.82, 2.24) is 0 Å². The third-order valence-electron chi connectivity index (χ3n) is 2.16. The van der Waals surface area contributed by atoms with Gasteiger partial charge in [-0.25, -0.2) is 0 Å². The minimum absolute atomic E-state index is 0. The molecule has 4 nitrogen and oxygen atoms in total. The number of aromatic hydroxyl groups is 1. The average molecular weight is 228 g/mol. The highest BCUT2D eigenvalue weighted by Gasteiger charge is 2.02. The summed E-state index contributed by atoms with van der Waals surface area (Å²) in [6, 6.07) is 5.25. The van der Waals surface area contributed by atoms with Crippen LogP contribution in [0.3, 0.4) is 0 Å². The molecule has 0 saturated heterocycles. The van der Waals surface area contributed by atoms with Crippen LogP contribution in [0.25, 0.3) is 0 Å². The third-order valence-corrected chi connectivity index (χ3v) is 2.16. The fourth-order valence-corrected chi connectivity index (χ4v) is 1.25. The maximum Gasteiger partial charge on any atom is 0.160 e. The van der Waals surface area contributed by atoms with E-state index in [-0.39, 0.29) is 11.2 Å². The van der Waals surface area contributed by atoms with Gasteiger partial charge >= 0.3 is 0 Å². The van der Waals surface area contributed by atoms with Gasteiger partial charge in [-0.05, 0) is 24.1 Å². The minimum Gasteiger partial charge on any atom is -0.504 e. The first-order valence-electron chi connectivity index (χ1n) is 5.21. The summed E-state index contributed by atoms with van der Waals surface area (Å²) in [7, 11) is 1.54. The number of hydrogen-bond acceptors (Lipinski definition) is 3. The van der Waals surface area contributed by atoms with E-state index < -0.39 is 0 Å². The van der Waals surface area contributed by atoms with Crippen molar-refractivity contribution < 1.29 is 20.1 Å². The van der Waals surface area contributed by atoms with Gasteiger partial charge in [0.25, 0.3) is 0 Å². The van der Waals surface area contributed by atoms with Gasteiger partial charge in [-0.2, -0.15) is 0 Å². The van der Waals surface area contributed by atoms with Crippen LogP contribution >= 0.6 is 0 Å². The number of benzene rings is 1. The van der Waals surface area contributed by atoms with Crippen LogP contribution in [-0.4, -0.2) is 24.3 Å². The molecule has 0 aliphatic heterocycles. The summed E-state index contributed by atoms with van der Waals surface area (Å²) in [6.45, 7) is 3.48. The van der Waals surface area contributed by atoms with Crippen LogP contribution < -0.4 is 4.74 Å². The molecule has 16 heavy (non-hydrogen) atoms. The fraction of sp³-hybridized carbons (Fsp3) is 0.500. The van der Waals surface area contributed by atoms with E-state index in [4.69, 9.17) is 9.47 Å². The summed E-state index contributed by atoms with van der Waals surface area (Å²) >= 11 is 0. The number of unbranched alkanes of at least 4 members (excludes halogenated alkanes) is 1. The van der Waals surface area contributed by atoms with E-state index in [0.717, 1.165) is 25.0 Å². The molecule has 1 aromatic carbocycles. The van der Waals surface area contributed by atoms with Crippen LogP contribution in [0.1, 0.15) is 25.3 Å². The fourth-order valence-electron chi connectivity index (χ4n) is 1.25. The Kier molecular flexibility index (Phi) is 7.33. The standard InChI is InChI=1S/C12H18O3.H2O/c1-3-4-7-15-9-10-5-6-11(13)12(8-10)14-2;/h5-6,8,13H,3-4,7,9H2,1-2H3;1H2. The van der Waals surface area contributed by atoms with Gasteiger partial charge in [-0.3, -0.25) is 0 Å². The minimum atomic E-state index is 0. The lowest BCUT2D eigenvalue weighted by Gasteiger charge is -2.07. The molecule has 3 N–H and O–H groups in total. The first-order chi connectivity index (χ1) is 7.27. The summed E-state index contributed by atoms with van der Waals surface area (Å²) in [6.07, 6.45) is 2.22. The van der Waals surface area contributed by atoms with E-state index >= 15 is 0 Å². The molecule has 0 unspecified atom stereocenters. The van der Waals surface area contributed by atoms with Crippen LogP contribution in [0.5, 0.6) is 11.5 Å². The lowest BCUT2D eigenvalue weighted by atomic mass is 10.2. The maximum atomic E-state index is 9.38. The Morgan fingerprint density at radius 3 is 2.69 bits per heavy atom. The Labute approximate surface area is 96.1 Å². The lowest BCUT2D eigenvalue weighted by molar-refractivity contribution is 0.118. The van der Waals surface area contributed by atoms with Crippen LogP contribution in [0.15, 0.2) is 18.2 Å². The third kappa shape index (κ3) is 4.51. The van der Waals surface area contributed by atoms with Crippen LogP contribution in [0, 0.1) is 0 Å². The number of rotatable bonds is 6. The second-order valence-electron chi connectivity index (χ2n) is 3.41. The van der Waals surface area contributed by atoms with Gasteiger partial charge in [0, 0.05) is 6.61 Å². The monoisotopic (exact) mass is 228 g/mol. The zero-order valence-electron chi connectivity index (χ0n) is 9.82. The zero-order chi connectivity index (χ0) is 11.1. The van der Waals surface area contributed by atoms with Crippen molar-refractivity contribution in [2.75, 3.05) is 13.7 Å². The van der Waals surface area contributed by atoms with Crippen LogP contribution in [0.2, 0.25) is 0 Å². The average Bonchev–Trinajstić information content (AvgIpc) is 2.26. The first-order valence-corrected chi connectivity index (χ1v) is 5.21. The normalized spacial score (nSPS) is 9.62. The predicted molar refractivity (Wildman–Crippen MR) is 62.8 cm³/mol. The van der Waals surface area contributed by atoms with Crippen molar-refractivity contribution in [1.29, 1.82) is 0 Å². The summed E-state index contributed by atoms with van der Waals surface area (Å²) in [5, 5.41) is 9.38. The largest absolute Gasteiger partial charge is 0.504 e. The molecule has 0 bridgehead atoms. The number of phenolic OH excluding ortho intramolecular Hbond substituents is 1. The van der Waals surface area contributed by atoms with Crippen molar-refractivity contribution in [3.8, 4) is 11.5 Å². The highest BCUT2D eigenvalue weighted by molar-refractivity contribution is 5.41. The summed E-state index contributed by atoms with van der Waals surface area (Å²) in [4.78, 5) is 0. The van der Waals surface area contributed by atoms with Crippen molar-refractivity contribution >= 4 is 0 Å². The van der Waals surface area contributed by atoms with Gasteiger partial charge in [0.05, 0.1) is 13.7 Å². The molecular formula is C12H20O4. The smallest absolute Gasteiger partial charge is 0.160 e. The number of hydrogen-bond donors (Lipinski definition) is 1. The number of ether oxygens (including phenoxy) is 2. The van der Waals surface area contributed by atoms with Crippen molar-refractivity contribution in [3.63, 3.8) is 0 Å². The lowest BCUT2D eigenvalue weighted by Crippen LogP contribution is -1.95.